The van der Waals surface area contributed by atoms with E-state index in [0.717, 1.165) is 11.3 Å². The second-order valence-electron chi connectivity index (χ2n) is 3.26. The van der Waals surface area contributed by atoms with E-state index in [2.05, 4.69) is 4.98 Å². The topological polar surface area (TPSA) is 33.1 Å². The van der Waals surface area contributed by atoms with Crippen LogP contribution in [0.5, 0.6) is 0 Å². The molecule has 12 heavy (non-hydrogen) atoms. The van der Waals surface area contributed by atoms with Crippen LogP contribution in [0.3, 0.4) is 0 Å². The summed E-state index contributed by atoms with van der Waals surface area (Å²) in [6, 6.07) is 3.98. The van der Waals surface area contributed by atoms with Gasteiger partial charge in [-0.25, -0.2) is 0 Å². The number of rotatable bonds is 2. The standard InChI is InChI=1S/C10H15NO/c1-7-4-5-10(6-11-7)8(2)9(3)12/h4-6,8-9,12H,1-3H3. The van der Waals surface area contributed by atoms with E-state index in [1.165, 1.54) is 0 Å². The summed E-state index contributed by atoms with van der Waals surface area (Å²) in [5.74, 6) is 0.165. The summed E-state index contributed by atoms with van der Waals surface area (Å²) >= 11 is 0. The molecule has 2 heteroatoms. The molecular formula is C10H15NO. The molecule has 0 fully saturated rings. The van der Waals surface area contributed by atoms with Crippen molar-refractivity contribution in [3.05, 3.63) is 29.6 Å². The van der Waals surface area contributed by atoms with E-state index in [9.17, 15) is 5.11 Å². The van der Waals surface area contributed by atoms with Gasteiger partial charge in [0.25, 0.3) is 0 Å². The normalized spacial score (nSPS) is 15.7. The van der Waals surface area contributed by atoms with E-state index in [1.807, 2.05) is 32.2 Å². The van der Waals surface area contributed by atoms with Crippen molar-refractivity contribution >= 4 is 0 Å². The zero-order valence-electron chi connectivity index (χ0n) is 7.78. The third kappa shape index (κ3) is 2.05. The van der Waals surface area contributed by atoms with Crippen molar-refractivity contribution in [2.45, 2.75) is 32.8 Å². The van der Waals surface area contributed by atoms with Crippen LogP contribution in [0.1, 0.15) is 31.0 Å². The van der Waals surface area contributed by atoms with Gasteiger partial charge in [-0.15, -0.1) is 0 Å². The van der Waals surface area contributed by atoms with Crippen LogP contribution >= 0.6 is 0 Å². The van der Waals surface area contributed by atoms with Crippen LogP contribution < -0.4 is 0 Å². The maximum atomic E-state index is 9.32. The van der Waals surface area contributed by atoms with Crippen LogP contribution in [0.25, 0.3) is 0 Å². The largest absolute Gasteiger partial charge is 0.393 e. The van der Waals surface area contributed by atoms with Crippen molar-refractivity contribution in [3.63, 3.8) is 0 Å². The van der Waals surface area contributed by atoms with E-state index >= 15 is 0 Å². The molecule has 1 aromatic rings. The summed E-state index contributed by atoms with van der Waals surface area (Å²) < 4.78 is 0. The minimum absolute atomic E-state index is 0.165. The van der Waals surface area contributed by atoms with E-state index in [-0.39, 0.29) is 12.0 Å². The molecule has 0 aromatic carbocycles. The Morgan fingerprint density at radius 3 is 2.42 bits per heavy atom. The number of aliphatic hydroxyl groups is 1. The number of aliphatic hydroxyl groups excluding tert-OH is 1. The van der Waals surface area contributed by atoms with Crippen molar-refractivity contribution in [2.24, 2.45) is 0 Å². The highest BCUT2D eigenvalue weighted by Crippen LogP contribution is 2.17. The molecule has 0 amide bonds. The van der Waals surface area contributed by atoms with Crippen LogP contribution in [-0.4, -0.2) is 16.2 Å². The number of pyridine rings is 1. The monoisotopic (exact) mass is 165 g/mol. The Hall–Kier alpha value is -0.890. The quantitative estimate of drug-likeness (QED) is 0.725. The molecule has 1 aromatic heterocycles. The van der Waals surface area contributed by atoms with Crippen LogP contribution in [0.4, 0.5) is 0 Å². The van der Waals surface area contributed by atoms with Gasteiger partial charge in [-0.05, 0) is 25.5 Å². The van der Waals surface area contributed by atoms with Gasteiger partial charge in [0.1, 0.15) is 0 Å². The molecule has 0 aliphatic rings. The maximum Gasteiger partial charge on any atom is 0.0578 e. The summed E-state index contributed by atoms with van der Waals surface area (Å²) in [6.07, 6.45) is 1.52. The molecule has 2 atom stereocenters. The molecule has 0 aliphatic carbocycles. The molecule has 1 heterocycles. The molecule has 1 rings (SSSR count). The average Bonchev–Trinajstić information content (AvgIpc) is 2.04. The molecule has 0 radical (unpaired) electrons. The summed E-state index contributed by atoms with van der Waals surface area (Å²) in [7, 11) is 0. The Morgan fingerprint density at radius 2 is 2.00 bits per heavy atom. The molecule has 2 nitrogen and oxygen atoms in total. The lowest BCUT2D eigenvalue weighted by Gasteiger charge is -2.14. The number of hydrogen-bond donors (Lipinski definition) is 1. The first-order valence-electron chi connectivity index (χ1n) is 4.22. The van der Waals surface area contributed by atoms with E-state index in [4.69, 9.17) is 0 Å². The first kappa shape index (κ1) is 9.20. The Labute approximate surface area is 73.3 Å². The van der Waals surface area contributed by atoms with Crippen molar-refractivity contribution in [1.82, 2.24) is 4.98 Å². The van der Waals surface area contributed by atoms with Gasteiger partial charge in [0.15, 0.2) is 0 Å². The predicted molar refractivity (Wildman–Crippen MR) is 49.1 cm³/mol. The lowest BCUT2D eigenvalue weighted by atomic mass is 9.98. The Morgan fingerprint density at radius 1 is 1.33 bits per heavy atom. The van der Waals surface area contributed by atoms with Gasteiger partial charge < -0.3 is 5.11 Å². The molecule has 1 N–H and O–H groups in total. The Kier molecular flexibility index (Phi) is 2.82. The fraction of sp³-hybridized carbons (Fsp3) is 0.500. The SMILES string of the molecule is Cc1ccc(C(C)C(C)O)cn1. The third-order valence-corrected chi connectivity index (χ3v) is 2.18. The van der Waals surface area contributed by atoms with Gasteiger partial charge in [-0.2, -0.15) is 0 Å². The van der Waals surface area contributed by atoms with Crippen LogP contribution in [0.2, 0.25) is 0 Å². The van der Waals surface area contributed by atoms with Crippen LogP contribution in [-0.2, 0) is 0 Å². The third-order valence-electron chi connectivity index (χ3n) is 2.18. The van der Waals surface area contributed by atoms with Gasteiger partial charge >= 0.3 is 0 Å². The number of nitrogens with zero attached hydrogens (tertiary/aromatic N) is 1. The number of hydrogen-bond acceptors (Lipinski definition) is 2. The van der Waals surface area contributed by atoms with E-state index in [1.54, 1.807) is 6.92 Å². The molecule has 0 saturated heterocycles. The molecule has 0 aliphatic heterocycles. The summed E-state index contributed by atoms with van der Waals surface area (Å²) in [4.78, 5) is 4.17. The summed E-state index contributed by atoms with van der Waals surface area (Å²) in [5, 5.41) is 9.32. The second-order valence-corrected chi connectivity index (χ2v) is 3.26. The van der Waals surface area contributed by atoms with Crippen LogP contribution in [0, 0.1) is 6.92 Å². The van der Waals surface area contributed by atoms with Gasteiger partial charge in [0, 0.05) is 17.8 Å². The van der Waals surface area contributed by atoms with Gasteiger partial charge in [-0.1, -0.05) is 13.0 Å². The van der Waals surface area contributed by atoms with Gasteiger partial charge in [0.05, 0.1) is 6.10 Å². The zero-order valence-corrected chi connectivity index (χ0v) is 7.78. The molecule has 0 saturated carbocycles. The molecule has 0 spiro atoms. The number of aryl methyl sites for hydroxylation is 1. The van der Waals surface area contributed by atoms with E-state index in [0.29, 0.717) is 0 Å². The highest BCUT2D eigenvalue weighted by atomic mass is 16.3. The Balaban J connectivity index is 2.82. The minimum Gasteiger partial charge on any atom is -0.393 e. The zero-order chi connectivity index (χ0) is 9.14. The minimum atomic E-state index is -0.311. The molecular weight excluding hydrogens is 150 g/mol. The fourth-order valence-corrected chi connectivity index (χ4v) is 1.03. The van der Waals surface area contributed by atoms with Gasteiger partial charge in [0.2, 0.25) is 0 Å². The van der Waals surface area contributed by atoms with Crippen molar-refractivity contribution in [2.75, 3.05) is 0 Å². The van der Waals surface area contributed by atoms with Crippen molar-refractivity contribution in [1.29, 1.82) is 0 Å². The highest BCUT2D eigenvalue weighted by Gasteiger charge is 2.10. The predicted octanol–water partition coefficient (Wildman–Crippen LogP) is 1.87. The first-order valence-corrected chi connectivity index (χ1v) is 4.22. The fourth-order valence-electron chi connectivity index (χ4n) is 1.03. The van der Waals surface area contributed by atoms with Crippen molar-refractivity contribution in [3.8, 4) is 0 Å². The molecule has 0 bridgehead atoms. The molecule has 66 valence electrons. The average molecular weight is 165 g/mol. The highest BCUT2D eigenvalue weighted by molar-refractivity contribution is 5.17. The van der Waals surface area contributed by atoms with Crippen LogP contribution in [0.15, 0.2) is 18.3 Å². The lowest BCUT2D eigenvalue weighted by Crippen LogP contribution is -2.11. The Bertz CT molecular complexity index is 241. The summed E-state index contributed by atoms with van der Waals surface area (Å²) in [5.41, 5.74) is 2.10. The second kappa shape index (κ2) is 3.68. The first-order chi connectivity index (χ1) is 5.61. The molecule has 2 unspecified atom stereocenters. The number of aromatic nitrogens is 1. The summed E-state index contributed by atoms with van der Waals surface area (Å²) in [6.45, 7) is 5.75. The van der Waals surface area contributed by atoms with Crippen molar-refractivity contribution < 1.29 is 5.11 Å². The van der Waals surface area contributed by atoms with E-state index < -0.39 is 0 Å². The smallest absolute Gasteiger partial charge is 0.0578 e. The lowest BCUT2D eigenvalue weighted by molar-refractivity contribution is 0.169. The van der Waals surface area contributed by atoms with Gasteiger partial charge in [-0.3, -0.25) is 4.98 Å². The maximum absolute atomic E-state index is 9.32.